The number of rotatable bonds is 3. The van der Waals surface area contributed by atoms with E-state index in [1.165, 1.54) is 13.1 Å². The van der Waals surface area contributed by atoms with Crippen LogP contribution in [0.25, 0.3) is 0 Å². The third-order valence-corrected chi connectivity index (χ3v) is 1.75. The molecule has 0 aliphatic carbocycles. The standard InChI is InChI=1S/C7H14N2/c1-2-3-9-5-7(4-8)6-9/h2,7H,1,3-6,8H2. The van der Waals surface area contributed by atoms with Gasteiger partial charge in [0.05, 0.1) is 0 Å². The smallest absolute Gasteiger partial charge is 0.0160 e. The van der Waals surface area contributed by atoms with E-state index in [2.05, 4.69) is 11.5 Å². The van der Waals surface area contributed by atoms with Crippen LogP contribution in [0.1, 0.15) is 0 Å². The first-order valence-corrected chi connectivity index (χ1v) is 3.40. The van der Waals surface area contributed by atoms with Crippen LogP contribution in [0, 0.1) is 5.92 Å². The number of hydrogen-bond acceptors (Lipinski definition) is 2. The predicted octanol–water partition coefficient (Wildman–Crippen LogP) is 0.0629. The molecule has 1 fully saturated rings. The molecule has 0 amide bonds. The fourth-order valence-corrected chi connectivity index (χ4v) is 1.16. The van der Waals surface area contributed by atoms with E-state index < -0.39 is 0 Å². The van der Waals surface area contributed by atoms with Crippen molar-refractivity contribution in [3.63, 3.8) is 0 Å². The molecule has 2 heteroatoms. The third kappa shape index (κ3) is 1.53. The summed E-state index contributed by atoms with van der Waals surface area (Å²) in [6, 6.07) is 0. The average Bonchev–Trinajstić information content (AvgIpc) is 1.77. The molecule has 1 aliphatic rings. The van der Waals surface area contributed by atoms with Crippen LogP contribution in [0.2, 0.25) is 0 Å². The maximum Gasteiger partial charge on any atom is 0.0160 e. The molecule has 0 unspecified atom stereocenters. The van der Waals surface area contributed by atoms with E-state index in [-0.39, 0.29) is 0 Å². The fraction of sp³-hybridized carbons (Fsp3) is 0.714. The molecule has 1 rings (SSSR count). The predicted molar refractivity (Wildman–Crippen MR) is 39.2 cm³/mol. The van der Waals surface area contributed by atoms with Crippen molar-refractivity contribution < 1.29 is 0 Å². The van der Waals surface area contributed by atoms with Gasteiger partial charge in [-0.25, -0.2) is 0 Å². The number of nitrogens with two attached hydrogens (primary N) is 1. The highest BCUT2D eigenvalue weighted by Gasteiger charge is 2.23. The SMILES string of the molecule is C=CCN1CC(CN)C1. The van der Waals surface area contributed by atoms with Crippen LogP contribution in [0.3, 0.4) is 0 Å². The van der Waals surface area contributed by atoms with Gasteiger partial charge in [0.1, 0.15) is 0 Å². The molecule has 0 atom stereocenters. The van der Waals surface area contributed by atoms with Gasteiger partial charge >= 0.3 is 0 Å². The molecular weight excluding hydrogens is 112 g/mol. The number of hydrogen-bond donors (Lipinski definition) is 1. The molecule has 0 aromatic carbocycles. The van der Waals surface area contributed by atoms with Crippen molar-refractivity contribution in [2.45, 2.75) is 0 Å². The summed E-state index contributed by atoms with van der Waals surface area (Å²) in [6.45, 7) is 7.86. The van der Waals surface area contributed by atoms with Crippen molar-refractivity contribution in [2.75, 3.05) is 26.2 Å². The summed E-state index contributed by atoms with van der Waals surface area (Å²) < 4.78 is 0. The molecule has 0 bridgehead atoms. The summed E-state index contributed by atoms with van der Waals surface area (Å²) in [5.74, 6) is 0.755. The molecule has 0 spiro atoms. The van der Waals surface area contributed by atoms with Crippen molar-refractivity contribution in [3.8, 4) is 0 Å². The van der Waals surface area contributed by atoms with Gasteiger partial charge in [-0.15, -0.1) is 6.58 Å². The molecule has 2 N–H and O–H groups in total. The van der Waals surface area contributed by atoms with E-state index in [9.17, 15) is 0 Å². The Bertz CT molecular complexity index is 95.1. The summed E-state index contributed by atoms with van der Waals surface area (Å²) in [5, 5.41) is 0. The summed E-state index contributed by atoms with van der Waals surface area (Å²) in [6.07, 6.45) is 1.94. The topological polar surface area (TPSA) is 29.3 Å². The van der Waals surface area contributed by atoms with E-state index in [1.807, 2.05) is 6.08 Å². The molecule has 1 heterocycles. The zero-order valence-electron chi connectivity index (χ0n) is 5.71. The van der Waals surface area contributed by atoms with Gasteiger partial charge in [0.2, 0.25) is 0 Å². The van der Waals surface area contributed by atoms with Gasteiger partial charge in [-0.3, -0.25) is 4.90 Å². The molecule has 2 nitrogen and oxygen atoms in total. The monoisotopic (exact) mass is 126 g/mol. The number of nitrogens with zero attached hydrogens (tertiary/aromatic N) is 1. The van der Waals surface area contributed by atoms with Crippen molar-refractivity contribution in [3.05, 3.63) is 12.7 Å². The van der Waals surface area contributed by atoms with E-state index in [0.29, 0.717) is 0 Å². The second kappa shape index (κ2) is 2.99. The minimum Gasteiger partial charge on any atom is -0.330 e. The first kappa shape index (κ1) is 6.78. The molecule has 1 saturated heterocycles. The second-order valence-corrected chi connectivity index (χ2v) is 2.61. The van der Waals surface area contributed by atoms with Crippen LogP contribution in [0.4, 0.5) is 0 Å². The van der Waals surface area contributed by atoms with Crippen molar-refractivity contribution in [1.82, 2.24) is 4.90 Å². The summed E-state index contributed by atoms with van der Waals surface area (Å²) in [5.41, 5.74) is 5.44. The van der Waals surface area contributed by atoms with Crippen molar-refractivity contribution >= 4 is 0 Å². The van der Waals surface area contributed by atoms with E-state index in [4.69, 9.17) is 5.73 Å². The summed E-state index contributed by atoms with van der Waals surface area (Å²) >= 11 is 0. The third-order valence-electron chi connectivity index (χ3n) is 1.75. The Morgan fingerprint density at radius 1 is 1.67 bits per heavy atom. The quantitative estimate of drug-likeness (QED) is 0.542. The van der Waals surface area contributed by atoms with Crippen LogP contribution >= 0.6 is 0 Å². The van der Waals surface area contributed by atoms with Crippen LogP contribution in [0.15, 0.2) is 12.7 Å². The van der Waals surface area contributed by atoms with Crippen molar-refractivity contribution in [1.29, 1.82) is 0 Å². The number of likely N-dealkylation sites (tertiary alicyclic amines) is 1. The summed E-state index contributed by atoms with van der Waals surface area (Å²) in [4.78, 5) is 2.34. The minimum atomic E-state index is 0.755. The zero-order chi connectivity index (χ0) is 6.69. The maximum atomic E-state index is 5.44. The Hall–Kier alpha value is -0.340. The van der Waals surface area contributed by atoms with E-state index in [1.54, 1.807) is 0 Å². The molecular formula is C7H14N2. The van der Waals surface area contributed by atoms with Crippen LogP contribution in [-0.2, 0) is 0 Å². The molecule has 9 heavy (non-hydrogen) atoms. The van der Waals surface area contributed by atoms with Gasteiger partial charge in [0.25, 0.3) is 0 Å². The minimum absolute atomic E-state index is 0.755. The van der Waals surface area contributed by atoms with Gasteiger partial charge in [-0.05, 0) is 12.5 Å². The molecule has 52 valence electrons. The van der Waals surface area contributed by atoms with Gasteiger partial charge in [-0.2, -0.15) is 0 Å². The van der Waals surface area contributed by atoms with Crippen LogP contribution in [-0.4, -0.2) is 31.1 Å². The molecule has 1 aliphatic heterocycles. The van der Waals surface area contributed by atoms with Gasteiger partial charge in [-0.1, -0.05) is 6.08 Å². The first-order chi connectivity index (χ1) is 4.36. The Morgan fingerprint density at radius 2 is 2.33 bits per heavy atom. The Balaban J connectivity index is 2.04. The first-order valence-electron chi connectivity index (χ1n) is 3.40. The van der Waals surface area contributed by atoms with Crippen LogP contribution in [0.5, 0.6) is 0 Å². The van der Waals surface area contributed by atoms with Gasteiger partial charge < -0.3 is 5.73 Å². The van der Waals surface area contributed by atoms with E-state index in [0.717, 1.165) is 19.0 Å². The largest absolute Gasteiger partial charge is 0.330 e. The lowest BCUT2D eigenvalue weighted by atomic mass is 10.0. The lowest BCUT2D eigenvalue weighted by Crippen LogP contribution is -2.49. The van der Waals surface area contributed by atoms with Gasteiger partial charge in [0.15, 0.2) is 0 Å². The summed E-state index contributed by atoms with van der Waals surface area (Å²) in [7, 11) is 0. The van der Waals surface area contributed by atoms with Gasteiger partial charge in [0, 0.05) is 19.6 Å². The fourth-order valence-electron chi connectivity index (χ4n) is 1.16. The van der Waals surface area contributed by atoms with Crippen LogP contribution < -0.4 is 5.73 Å². The Morgan fingerprint density at radius 3 is 2.78 bits per heavy atom. The zero-order valence-corrected chi connectivity index (χ0v) is 5.71. The normalized spacial score (nSPS) is 21.4. The Kier molecular flexibility index (Phi) is 2.25. The molecule has 0 aromatic heterocycles. The Labute approximate surface area is 56.3 Å². The molecule has 0 aromatic rings. The van der Waals surface area contributed by atoms with E-state index >= 15 is 0 Å². The molecule has 0 saturated carbocycles. The highest BCUT2D eigenvalue weighted by molar-refractivity contribution is 4.84. The van der Waals surface area contributed by atoms with Crippen molar-refractivity contribution in [2.24, 2.45) is 11.7 Å². The second-order valence-electron chi connectivity index (χ2n) is 2.61. The molecule has 0 radical (unpaired) electrons. The maximum absolute atomic E-state index is 5.44. The lowest BCUT2D eigenvalue weighted by Gasteiger charge is -2.37. The highest BCUT2D eigenvalue weighted by Crippen LogP contribution is 2.12. The highest BCUT2D eigenvalue weighted by atomic mass is 15.2. The lowest BCUT2D eigenvalue weighted by molar-refractivity contribution is 0.122. The average molecular weight is 126 g/mol.